The maximum Gasteiger partial charge on any atom is 0.164 e. The van der Waals surface area contributed by atoms with Gasteiger partial charge in [0, 0.05) is 38.2 Å². The van der Waals surface area contributed by atoms with Crippen molar-refractivity contribution in [3.05, 3.63) is 188 Å². The Kier molecular flexibility index (Phi) is 7.16. The van der Waals surface area contributed by atoms with Crippen LogP contribution < -0.4 is 0 Å². The summed E-state index contributed by atoms with van der Waals surface area (Å²) in [4.78, 5) is 16.0. The zero-order valence-electron chi connectivity index (χ0n) is 31.1. The zero-order chi connectivity index (χ0) is 38.2. The Morgan fingerprint density at radius 1 is 0.276 bits per heavy atom. The number of furan rings is 2. The van der Waals surface area contributed by atoms with Crippen molar-refractivity contribution in [1.29, 1.82) is 0 Å². The molecule has 0 unspecified atom stereocenters. The Labute approximate surface area is 332 Å². The van der Waals surface area contributed by atoms with Crippen LogP contribution in [0.15, 0.2) is 197 Å². The maximum atomic E-state index is 6.56. The molecule has 0 spiro atoms. The van der Waals surface area contributed by atoms with Gasteiger partial charge in [-0.1, -0.05) is 158 Å². The van der Waals surface area contributed by atoms with Crippen molar-refractivity contribution in [1.82, 2.24) is 15.0 Å². The van der Waals surface area contributed by atoms with Crippen LogP contribution in [0.1, 0.15) is 0 Å². The largest absolute Gasteiger partial charge is 0.456 e. The lowest BCUT2D eigenvalue weighted by atomic mass is 9.94. The fraction of sp³-hybridized carbons (Fsp3) is 0. The minimum absolute atomic E-state index is 0.567. The molecule has 9 aromatic carbocycles. The van der Waals surface area contributed by atoms with Crippen LogP contribution in [0.4, 0.5) is 0 Å². The quantitative estimate of drug-likeness (QED) is 0.176. The van der Waals surface area contributed by atoms with Crippen LogP contribution in [0.5, 0.6) is 0 Å². The van der Waals surface area contributed by atoms with Crippen LogP contribution in [-0.2, 0) is 0 Å². The molecule has 12 aromatic rings. The predicted molar refractivity (Wildman–Crippen MR) is 237 cm³/mol. The molecule has 0 saturated heterocycles. The van der Waals surface area contributed by atoms with Crippen LogP contribution in [0.3, 0.4) is 0 Å². The predicted octanol–water partition coefficient (Wildman–Crippen LogP) is 14.3. The highest BCUT2D eigenvalue weighted by Gasteiger charge is 2.23. The normalized spacial score (nSPS) is 11.8. The van der Waals surface area contributed by atoms with E-state index in [4.69, 9.17) is 23.8 Å². The monoisotopic (exact) mass is 741 g/mol. The molecule has 0 bridgehead atoms. The molecule has 12 rings (SSSR count). The Morgan fingerprint density at radius 3 is 1.53 bits per heavy atom. The van der Waals surface area contributed by atoms with Gasteiger partial charge < -0.3 is 8.83 Å². The van der Waals surface area contributed by atoms with E-state index >= 15 is 0 Å². The molecule has 0 aliphatic rings. The molecule has 270 valence electrons. The minimum Gasteiger partial charge on any atom is -0.456 e. The van der Waals surface area contributed by atoms with E-state index in [1.165, 1.54) is 5.39 Å². The van der Waals surface area contributed by atoms with Crippen molar-refractivity contribution in [3.63, 3.8) is 0 Å². The number of fused-ring (bicyclic) bond motifs is 8. The average Bonchev–Trinajstić information content (AvgIpc) is 3.86. The highest BCUT2D eigenvalue weighted by atomic mass is 16.3. The molecule has 5 nitrogen and oxygen atoms in total. The lowest BCUT2D eigenvalue weighted by Gasteiger charge is -2.14. The molecule has 0 radical (unpaired) electrons. The third-order valence-electron chi connectivity index (χ3n) is 11.3. The van der Waals surface area contributed by atoms with E-state index < -0.39 is 0 Å². The molecule has 0 aliphatic heterocycles. The summed E-state index contributed by atoms with van der Waals surface area (Å²) in [6, 6.07) is 65.0. The standard InChI is InChI=1S/C53H31N3O2/c1-2-14-33(15-3-1)37-23-11-28-45-49(37)50-42(26-13-29-46(50)57-45)53-55-51(40-25-10-19-32-16-6-7-20-36(32)40)54-52(56-53)41-22-9-8-21-38(41)39-24-12-27-44-48(39)43-30-34-17-4-5-18-35(34)31-47(43)58-44/h1-31H. The van der Waals surface area contributed by atoms with Gasteiger partial charge in [0.05, 0.1) is 0 Å². The van der Waals surface area contributed by atoms with Gasteiger partial charge in [0.1, 0.15) is 22.3 Å². The van der Waals surface area contributed by atoms with E-state index in [0.29, 0.717) is 17.5 Å². The van der Waals surface area contributed by atoms with E-state index in [-0.39, 0.29) is 0 Å². The summed E-state index contributed by atoms with van der Waals surface area (Å²) < 4.78 is 13.1. The molecule has 0 aliphatic carbocycles. The first-order valence-electron chi connectivity index (χ1n) is 19.4. The second-order valence-corrected chi connectivity index (χ2v) is 14.7. The van der Waals surface area contributed by atoms with E-state index in [1.807, 2.05) is 30.3 Å². The van der Waals surface area contributed by atoms with Crippen molar-refractivity contribution < 1.29 is 8.83 Å². The van der Waals surface area contributed by atoms with E-state index in [1.54, 1.807) is 0 Å². The van der Waals surface area contributed by atoms with Crippen LogP contribution in [0, 0.1) is 0 Å². The van der Waals surface area contributed by atoms with Crippen molar-refractivity contribution in [3.8, 4) is 56.4 Å². The van der Waals surface area contributed by atoms with Crippen LogP contribution in [0.2, 0.25) is 0 Å². The van der Waals surface area contributed by atoms with Gasteiger partial charge in [-0.2, -0.15) is 0 Å². The van der Waals surface area contributed by atoms with E-state index in [0.717, 1.165) is 99.0 Å². The first-order valence-corrected chi connectivity index (χ1v) is 19.4. The first kappa shape index (κ1) is 32.4. The molecular formula is C53H31N3O2. The Morgan fingerprint density at radius 2 is 0.759 bits per heavy atom. The van der Waals surface area contributed by atoms with E-state index in [2.05, 4.69) is 158 Å². The van der Waals surface area contributed by atoms with Crippen molar-refractivity contribution in [2.75, 3.05) is 0 Å². The topological polar surface area (TPSA) is 65.0 Å². The van der Waals surface area contributed by atoms with Crippen LogP contribution in [-0.4, -0.2) is 15.0 Å². The highest BCUT2D eigenvalue weighted by molar-refractivity contribution is 6.18. The number of nitrogens with zero attached hydrogens (tertiary/aromatic N) is 3. The number of rotatable bonds is 5. The molecule has 3 heterocycles. The summed E-state index contributed by atoms with van der Waals surface area (Å²) in [6.07, 6.45) is 0. The molecule has 5 heteroatoms. The molecule has 0 saturated carbocycles. The van der Waals surface area contributed by atoms with Gasteiger partial charge in [-0.3, -0.25) is 0 Å². The maximum absolute atomic E-state index is 6.56. The van der Waals surface area contributed by atoms with Crippen molar-refractivity contribution in [2.45, 2.75) is 0 Å². The molecule has 0 amide bonds. The van der Waals surface area contributed by atoms with Crippen LogP contribution >= 0.6 is 0 Å². The average molecular weight is 742 g/mol. The molecule has 0 N–H and O–H groups in total. The van der Waals surface area contributed by atoms with Gasteiger partial charge in [0.25, 0.3) is 0 Å². The summed E-state index contributed by atoms with van der Waals surface area (Å²) in [5.74, 6) is 1.74. The number of aromatic nitrogens is 3. The second kappa shape index (κ2) is 12.8. The molecular weight excluding hydrogens is 711 g/mol. The molecule has 58 heavy (non-hydrogen) atoms. The Bertz CT molecular complexity index is 3580. The van der Waals surface area contributed by atoms with Crippen LogP contribution in [0.25, 0.3) is 122 Å². The third kappa shape index (κ3) is 5.07. The van der Waals surface area contributed by atoms with Crippen molar-refractivity contribution in [2.24, 2.45) is 0 Å². The summed E-state index contributed by atoms with van der Waals surface area (Å²) in [6.45, 7) is 0. The first-order chi connectivity index (χ1) is 28.7. The Hall–Kier alpha value is -7.89. The zero-order valence-corrected chi connectivity index (χ0v) is 31.1. The van der Waals surface area contributed by atoms with Gasteiger partial charge in [0.15, 0.2) is 17.5 Å². The number of benzene rings is 9. The minimum atomic E-state index is 0.567. The number of hydrogen-bond donors (Lipinski definition) is 0. The third-order valence-corrected chi connectivity index (χ3v) is 11.3. The SMILES string of the molecule is c1ccc(-c2cccc3oc4cccc(-c5nc(-c6ccccc6-c6cccc7oc8cc9ccccc9cc8c67)nc(-c6cccc7ccccc67)n5)c4c23)cc1. The fourth-order valence-electron chi connectivity index (χ4n) is 8.72. The van der Waals surface area contributed by atoms with Gasteiger partial charge >= 0.3 is 0 Å². The fourth-order valence-corrected chi connectivity index (χ4v) is 8.72. The number of hydrogen-bond acceptors (Lipinski definition) is 5. The molecule has 0 fully saturated rings. The summed E-state index contributed by atoms with van der Waals surface area (Å²) in [5, 5.41) is 8.62. The highest BCUT2D eigenvalue weighted by Crippen LogP contribution is 2.44. The summed E-state index contributed by atoms with van der Waals surface area (Å²) >= 11 is 0. The molecule has 0 atom stereocenters. The summed E-state index contributed by atoms with van der Waals surface area (Å²) in [5.41, 5.74) is 10.2. The lowest BCUT2D eigenvalue weighted by Crippen LogP contribution is -2.02. The van der Waals surface area contributed by atoms with E-state index in [9.17, 15) is 0 Å². The summed E-state index contributed by atoms with van der Waals surface area (Å²) in [7, 11) is 0. The smallest absolute Gasteiger partial charge is 0.164 e. The molecule has 3 aromatic heterocycles. The second-order valence-electron chi connectivity index (χ2n) is 14.7. The van der Waals surface area contributed by atoms with Gasteiger partial charge in [-0.05, 0) is 74.1 Å². The van der Waals surface area contributed by atoms with Crippen molar-refractivity contribution >= 4 is 65.4 Å². The van der Waals surface area contributed by atoms with Gasteiger partial charge in [-0.15, -0.1) is 0 Å². The lowest BCUT2D eigenvalue weighted by molar-refractivity contribution is 0.669. The van der Waals surface area contributed by atoms with Gasteiger partial charge in [0.2, 0.25) is 0 Å². The van der Waals surface area contributed by atoms with Gasteiger partial charge in [-0.25, -0.2) is 15.0 Å². The Balaban J connectivity index is 1.14.